The van der Waals surface area contributed by atoms with Crippen LogP contribution < -0.4 is 5.73 Å². The first-order valence-corrected chi connectivity index (χ1v) is 6.31. The molecule has 0 aliphatic rings. The van der Waals surface area contributed by atoms with Crippen LogP contribution in [-0.4, -0.2) is 10.8 Å². The van der Waals surface area contributed by atoms with E-state index in [-0.39, 0.29) is 17.0 Å². The highest BCUT2D eigenvalue weighted by molar-refractivity contribution is 6.37. The van der Waals surface area contributed by atoms with Gasteiger partial charge in [0.1, 0.15) is 5.82 Å². The molecule has 0 aliphatic carbocycles. The first-order valence-electron chi connectivity index (χ1n) is 5.93. The van der Waals surface area contributed by atoms with E-state index in [1.807, 2.05) is 6.07 Å². The highest BCUT2D eigenvalue weighted by Gasteiger charge is 2.17. The molecule has 0 saturated carbocycles. The molecule has 3 rings (SSSR count). The van der Waals surface area contributed by atoms with Crippen molar-refractivity contribution < 1.29 is 9.18 Å². The average molecular weight is 289 g/mol. The third-order valence-corrected chi connectivity index (χ3v) is 3.48. The second-order valence-corrected chi connectivity index (χ2v) is 4.84. The molecule has 20 heavy (non-hydrogen) atoms. The number of aromatic amines is 1. The Labute approximate surface area is 119 Å². The van der Waals surface area contributed by atoms with E-state index in [4.69, 9.17) is 17.3 Å². The Morgan fingerprint density at radius 3 is 2.80 bits per heavy atom. The summed E-state index contributed by atoms with van der Waals surface area (Å²) in [5.74, 6) is -0.912. The van der Waals surface area contributed by atoms with Crippen molar-refractivity contribution >= 4 is 34.0 Å². The first kappa shape index (κ1) is 12.7. The van der Waals surface area contributed by atoms with Crippen molar-refractivity contribution in [1.82, 2.24) is 4.98 Å². The van der Waals surface area contributed by atoms with Crippen molar-refractivity contribution in [3.63, 3.8) is 0 Å². The molecule has 1 aromatic heterocycles. The van der Waals surface area contributed by atoms with E-state index in [9.17, 15) is 9.18 Å². The quantitative estimate of drug-likeness (QED) is 0.557. The number of ketones is 1. The number of H-pyrrole nitrogens is 1. The van der Waals surface area contributed by atoms with Crippen LogP contribution in [0.4, 0.5) is 10.1 Å². The summed E-state index contributed by atoms with van der Waals surface area (Å²) in [4.78, 5) is 15.4. The van der Waals surface area contributed by atoms with Crippen molar-refractivity contribution in [2.24, 2.45) is 0 Å². The van der Waals surface area contributed by atoms with Gasteiger partial charge in [-0.3, -0.25) is 4.79 Å². The maximum atomic E-state index is 13.5. The Morgan fingerprint density at radius 2 is 2.05 bits per heavy atom. The van der Waals surface area contributed by atoms with Gasteiger partial charge in [0.2, 0.25) is 0 Å². The SMILES string of the molecule is Nc1ccc(C(=O)c2c[nH]c3cccc(Cl)c23)cc1F. The molecule has 5 heteroatoms. The first-order chi connectivity index (χ1) is 9.58. The number of carbonyl (C=O) groups excluding carboxylic acids is 1. The van der Waals surface area contributed by atoms with Crippen LogP contribution in [0.25, 0.3) is 10.9 Å². The summed E-state index contributed by atoms with van der Waals surface area (Å²) in [7, 11) is 0. The standard InChI is InChI=1S/C15H10ClFN2O/c16-10-2-1-3-13-14(10)9(7-19-13)15(20)8-4-5-12(18)11(17)6-8/h1-7,19H,18H2. The van der Waals surface area contributed by atoms with Crippen LogP contribution in [0.15, 0.2) is 42.6 Å². The lowest BCUT2D eigenvalue weighted by Crippen LogP contribution is -2.02. The summed E-state index contributed by atoms with van der Waals surface area (Å²) in [5.41, 5.74) is 6.83. The Bertz CT molecular complexity index is 826. The number of nitrogens with one attached hydrogen (secondary N) is 1. The molecule has 1 heterocycles. The topological polar surface area (TPSA) is 58.9 Å². The van der Waals surface area contributed by atoms with E-state index in [1.165, 1.54) is 12.1 Å². The summed E-state index contributed by atoms with van der Waals surface area (Å²) in [6.45, 7) is 0. The minimum atomic E-state index is -0.609. The van der Waals surface area contributed by atoms with E-state index < -0.39 is 5.82 Å². The van der Waals surface area contributed by atoms with Crippen LogP contribution in [0, 0.1) is 5.82 Å². The number of nitrogen functional groups attached to an aromatic ring is 1. The van der Waals surface area contributed by atoms with Gasteiger partial charge in [0, 0.05) is 28.2 Å². The third kappa shape index (κ3) is 1.94. The monoisotopic (exact) mass is 288 g/mol. The molecular formula is C15H10ClFN2O. The molecule has 0 bridgehead atoms. The summed E-state index contributed by atoms with van der Waals surface area (Å²) >= 11 is 6.13. The lowest BCUT2D eigenvalue weighted by molar-refractivity contribution is 0.104. The summed E-state index contributed by atoms with van der Waals surface area (Å²) in [6.07, 6.45) is 1.58. The predicted octanol–water partition coefficient (Wildman–Crippen LogP) is 3.77. The summed E-state index contributed by atoms with van der Waals surface area (Å²) in [6, 6.07) is 9.32. The molecular weight excluding hydrogens is 279 g/mol. The number of halogens is 2. The normalized spacial score (nSPS) is 10.9. The molecule has 3 aromatic rings. The average Bonchev–Trinajstić information content (AvgIpc) is 2.86. The van der Waals surface area contributed by atoms with Gasteiger partial charge in [-0.25, -0.2) is 4.39 Å². The number of fused-ring (bicyclic) bond motifs is 1. The van der Waals surface area contributed by atoms with Crippen molar-refractivity contribution in [2.75, 3.05) is 5.73 Å². The minimum Gasteiger partial charge on any atom is -0.396 e. The van der Waals surface area contributed by atoms with Crippen LogP contribution in [0.1, 0.15) is 15.9 Å². The second kappa shape index (κ2) is 4.65. The minimum absolute atomic E-state index is 0.0125. The molecule has 2 aromatic carbocycles. The van der Waals surface area contributed by atoms with Gasteiger partial charge in [-0.05, 0) is 30.3 Å². The fraction of sp³-hybridized carbons (Fsp3) is 0. The van der Waals surface area contributed by atoms with Crippen LogP contribution >= 0.6 is 11.6 Å². The lowest BCUT2D eigenvalue weighted by Gasteiger charge is -2.03. The van der Waals surface area contributed by atoms with Crippen LogP contribution in [0.3, 0.4) is 0 Å². The van der Waals surface area contributed by atoms with Crippen LogP contribution in [-0.2, 0) is 0 Å². The van der Waals surface area contributed by atoms with E-state index in [0.29, 0.717) is 16.0 Å². The number of hydrogen-bond donors (Lipinski definition) is 2. The Hall–Kier alpha value is -2.33. The highest BCUT2D eigenvalue weighted by Crippen LogP contribution is 2.28. The molecule has 0 unspecified atom stereocenters. The number of anilines is 1. The molecule has 0 spiro atoms. The smallest absolute Gasteiger partial charge is 0.195 e. The van der Waals surface area contributed by atoms with E-state index in [2.05, 4.69) is 4.98 Å². The fourth-order valence-corrected chi connectivity index (χ4v) is 2.42. The zero-order valence-electron chi connectivity index (χ0n) is 10.3. The van der Waals surface area contributed by atoms with E-state index in [1.54, 1.807) is 18.3 Å². The molecule has 0 fully saturated rings. The molecule has 3 N–H and O–H groups in total. The van der Waals surface area contributed by atoms with Crippen molar-refractivity contribution in [1.29, 1.82) is 0 Å². The van der Waals surface area contributed by atoms with Gasteiger partial charge in [0.15, 0.2) is 5.78 Å². The Balaban J connectivity index is 2.15. The summed E-state index contributed by atoms with van der Waals surface area (Å²) in [5, 5.41) is 1.11. The molecule has 0 saturated heterocycles. The number of aromatic nitrogens is 1. The maximum Gasteiger partial charge on any atom is 0.195 e. The molecule has 0 aliphatic heterocycles. The second-order valence-electron chi connectivity index (χ2n) is 4.43. The largest absolute Gasteiger partial charge is 0.396 e. The number of hydrogen-bond acceptors (Lipinski definition) is 2. The number of nitrogens with two attached hydrogens (primary N) is 1. The molecule has 0 radical (unpaired) electrons. The van der Waals surface area contributed by atoms with Gasteiger partial charge in [-0.1, -0.05) is 17.7 Å². The molecule has 0 amide bonds. The van der Waals surface area contributed by atoms with Gasteiger partial charge in [-0.2, -0.15) is 0 Å². The van der Waals surface area contributed by atoms with Crippen molar-refractivity contribution in [3.8, 4) is 0 Å². The molecule has 100 valence electrons. The van der Waals surface area contributed by atoms with Crippen LogP contribution in [0.2, 0.25) is 5.02 Å². The number of benzene rings is 2. The Morgan fingerprint density at radius 1 is 1.25 bits per heavy atom. The summed E-state index contributed by atoms with van der Waals surface area (Å²) < 4.78 is 13.5. The molecule has 0 atom stereocenters. The van der Waals surface area contributed by atoms with Gasteiger partial charge >= 0.3 is 0 Å². The zero-order valence-corrected chi connectivity index (χ0v) is 11.0. The van der Waals surface area contributed by atoms with Gasteiger partial charge < -0.3 is 10.7 Å². The number of carbonyl (C=O) groups is 1. The zero-order chi connectivity index (χ0) is 14.3. The van der Waals surface area contributed by atoms with Gasteiger partial charge in [-0.15, -0.1) is 0 Å². The maximum absolute atomic E-state index is 13.5. The van der Waals surface area contributed by atoms with Gasteiger partial charge in [0.25, 0.3) is 0 Å². The fourth-order valence-electron chi connectivity index (χ4n) is 2.14. The Kier molecular flexibility index (Phi) is 2.95. The van der Waals surface area contributed by atoms with Gasteiger partial charge in [0.05, 0.1) is 10.7 Å². The highest BCUT2D eigenvalue weighted by atomic mass is 35.5. The van der Waals surface area contributed by atoms with Crippen molar-refractivity contribution in [2.45, 2.75) is 0 Å². The third-order valence-electron chi connectivity index (χ3n) is 3.16. The number of rotatable bonds is 2. The van der Waals surface area contributed by atoms with E-state index in [0.717, 1.165) is 11.6 Å². The molecule has 3 nitrogen and oxygen atoms in total. The van der Waals surface area contributed by atoms with Crippen molar-refractivity contribution in [3.05, 3.63) is 64.6 Å². The lowest BCUT2D eigenvalue weighted by atomic mass is 10.0. The van der Waals surface area contributed by atoms with E-state index >= 15 is 0 Å². The predicted molar refractivity (Wildman–Crippen MR) is 77.6 cm³/mol. The van der Waals surface area contributed by atoms with Crippen LogP contribution in [0.5, 0.6) is 0 Å².